The summed E-state index contributed by atoms with van der Waals surface area (Å²) in [6.45, 7) is 2.01. The third-order valence-electron chi connectivity index (χ3n) is 6.42. The number of carboxylic acid groups (broad SMARTS) is 1. The summed E-state index contributed by atoms with van der Waals surface area (Å²) >= 11 is 0. The van der Waals surface area contributed by atoms with Gasteiger partial charge < -0.3 is 24.7 Å². The molecule has 0 bridgehead atoms. The van der Waals surface area contributed by atoms with Crippen LogP contribution in [0.1, 0.15) is 35.6 Å². The monoisotopic (exact) mass is 582 g/mol. The molecule has 0 unspecified atom stereocenters. The number of aromatic hydroxyl groups is 1. The number of phenolic OH excluding ortho intramolecular Hbond substituents is 1. The number of amides is 2. The molecule has 0 radical (unpaired) electrons. The van der Waals surface area contributed by atoms with E-state index >= 15 is 0 Å². The van der Waals surface area contributed by atoms with Crippen molar-refractivity contribution in [2.45, 2.75) is 19.5 Å². The van der Waals surface area contributed by atoms with Gasteiger partial charge in [-0.1, -0.05) is 49.4 Å². The zero-order chi connectivity index (χ0) is 30.9. The minimum Gasteiger partial charge on any atom is -0.508 e. The lowest BCUT2D eigenvalue weighted by atomic mass is 9.87. The van der Waals surface area contributed by atoms with Gasteiger partial charge in [0, 0.05) is 26.7 Å². The number of nitrogens with zero attached hydrogens (tertiary/aromatic N) is 2. The molecular formula is C32H33F3N2O5. The number of alkyl halides is 3. The van der Waals surface area contributed by atoms with E-state index in [0.717, 1.165) is 22.6 Å². The number of hydrogen-bond acceptors (Lipinski definition) is 4. The molecule has 3 aromatic carbocycles. The van der Waals surface area contributed by atoms with Crippen molar-refractivity contribution in [1.82, 2.24) is 9.80 Å². The summed E-state index contributed by atoms with van der Waals surface area (Å²) < 4.78 is 46.2. The highest BCUT2D eigenvalue weighted by atomic mass is 19.4. The Morgan fingerprint density at radius 1 is 0.929 bits per heavy atom. The van der Waals surface area contributed by atoms with Gasteiger partial charge in [0.15, 0.2) is 0 Å². The summed E-state index contributed by atoms with van der Waals surface area (Å²) in [7, 11) is 3.19. The minimum absolute atomic E-state index is 0.0212. The van der Waals surface area contributed by atoms with Crippen molar-refractivity contribution in [3.05, 3.63) is 107 Å². The smallest absolute Gasteiger partial charge is 0.416 e. The third-order valence-corrected chi connectivity index (χ3v) is 6.42. The number of allylic oxidation sites excluding steroid dienone is 1. The Bertz CT molecular complexity index is 1430. The third kappa shape index (κ3) is 8.63. The Kier molecular flexibility index (Phi) is 10.8. The van der Waals surface area contributed by atoms with Crippen LogP contribution in [0.4, 0.5) is 18.0 Å². The van der Waals surface area contributed by atoms with Crippen LogP contribution in [-0.4, -0.2) is 65.8 Å². The first-order chi connectivity index (χ1) is 19.9. The van der Waals surface area contributed by atoms with Gasteiger partial charge in [0.2, 0.25) is 5.91 Å². The van der Waals surface area contributed by atoms with E-state index in [1.54, 1.807) is 56.6 Å². The zero-order valence-corrected chi connectivity index (χ0v) is 23.6. The predicted octanol–water partition coefficient (Wildman–Crippen LogP) is 6.78. The van der Waals surface area contributed by atoms with Crippen molar-refractivity contribution in [2.24, 2.45) is 0 Å². The summed E-state index contributed by atoms with van der Waals surface area (Å²) in [6.07, 6.45) is -2.42. The summed E-state index contributed by atoms with van der Waals surface area (Å²) in [5.41, 5.74) is 2.54. The molecule has 42 heavy (non-hydrogen) atoms. The van der Waals surface area contributed by atoms with Gasteiger partial charge in [-0.15, -0.1) is 0 Å². The minimum atomic E-state index is -4.48. The number of carbonyl (C=O) groups excluding carboxylic acids is 1. The van der Waals surface area contributed by atoms with Gasteiger partial charge in [0.05, 0.1) is 12.1 Å². The number of benzene rings is 3. The number of carbonyl (C=O) groups is 2. The Hall–Kier alpha value is -4.73. The van der Waals surface area contributed by atoms with Crippen LogP contribution < -0.4 is 4.74 Å². The number of phenols is 1. The van der Waals surface area contributed by atoms with E-state index in [9.17, 15) is 33.0 Å². The Labute approximate surface area is 242 Å². The van der Waals surface area contributed by atoms with Gasteiger partial charge >= 0.3 is 12.3 Å². The van der Waals surface area contributed by atoms with E-state index in [1.165, 1.54) is 35.3 Å². The quantitative estimate of drug-likeness (QED) is 0.192. The summed E-state index contributed by atoms with van der Waals surface area (Å²) in [5, 5.41) is 19.3. The largest absolute Gasteiger partial charge is 0.508 e. The zero-order valence-electron chi connectivity index (χ0n) is 23.6. The van der Waals surface area contributed by atoms with Crippen LogP contribution in [0, 0.1) is 0 Å². The van der Waals surface area contributed by atoms with E-state index in [1.807, 2.05) is 6.92 Å². The molecule has 0 aliphatic carbocycles. The summed E-state index contributed by atoms with van der Waals surface area (Å²) in [5.74, 6) is 0.287. The van der Waals surface area contributed by atoms with Crippen LogP contribution in [0.15, 0.2) is 84.9 Å². The average Bonchev–Trinajstić information content (AvgIpc) is 2.95. The van der Waals surface area contributed by atoms with Crippen LogP contribution in [0.3, 0.4) is 0 Å². The number of rotatable bonds is 11. The van der Waals surface area contributed by atoms with Crippen molar-refractivity contribution in [3.63, 3.8) is 0 Å². The highest BCUT2D eigenvalue weighted by Gasteiger charge is 2.30. The lowest BCUT2D eigenvalue weighted by molar-refractivity contribution is -0.137. The second kappa shape index (κ2) is 14.2. The maximum Gasteiger partial charge on any atom is 0.416 e. The standard InChI is InChI=1S/C32H33F3N2O5/c1-4-28(24-7-5-8-25(21-24)32(33,34)35)30(22-10-14-26(38)15-11-22)23-12-16-27(17-13-23)42-20-19-37(31(40)41)18-6-9-29(39)36(2)3/h5-17,21,38H,4,18-20H2,1-3H3,(H,40,41). The van der Waals surface area contributed by atoms with E-state index in [4.69, 9.17) is 4.74 Å². The normalized spacial score (nSPS) is 12.1. The molecule has 0 aliphatic heterocycles. The summed E-state index contributed by atoms with van der Waals surface area (Å²) in [6, 6.07) is 18.6. The van der Waals surface area contributed by atoms with E-state index < -0.39 is 17.8 Å². The Balaban J connectivity index is 1.86. The van der Waals surface area contributed by atoms with Gasteiger partial charge in [0.1, 0.15) is 18.1 Å². The number of ether oxygens (including phenoxy) is 1. The number of halogens is 3. The lowest BCUT2D eigenvalue weighted by Crippen LogP contribution is -2.33. The molecule has 10 heteroatoms. The second-order valence-corrected chi connectivity index (χ2v) is 9.57. The van der Waals surface area contributed by atoms with Gasteiger partial charge in [-0.2, -0.15) is 13.2 Å². The molecule has 2 amide bonds. The van der Waals surface area contributed by atoms with Crippen LogP contribution in [-0.2, 0) is 11.0 Å². The SMILES string of the molecule is CCC(=C(c1ccc(O)cc1)c1ccc(OCCN(CC=CC(=O)N(C)C)C(=O)O)cc1)c1cccc(C(F)(F)F)c1. The van der Waals surface area contributed by atoms with Crippen LogP contribution >= 0.6 is 0 Å². The van der Waals surface area contributed by atoms with Gasteiger partial charge in [-0.3, -0.25) is 4.79 Å². The molecule has 2 N–H and O–H groups in total. The maximum absolute atomic E-state index is 13.5. The van der Waals surface area contributed by atoms with Gasteiger partial charge in [0.25, 0.3) is 0 Å². The average molecular weight is 583 g/mol. The summed E-state index contributed by atoms with van der Waals surface area (Å²) in [4.78, 5) is 25.7. The molecule has 0 atom stereocenters. The number of likely N-dealkylation sites (N-methyl/N-ethyl adjacent to an activating group) is 1. The van der Waals surface area contributed by atoms with Crippen molar-refractivity contribution in [3.8, 4) is 11.5 Å². The maximum atomic E-state index is 13.5. The molecule has 0 fully saturated rings. The van der Waals surface area contributed by atoms with E-state index in [2.05, 4.69) is 0 Å². The first kappa shape index (κ1) is 31.8. The molecule has 0 aromatic heterocycles. The molecule has 0 heterocycles. The van der Waals surface area contributed by atoms with Crippen molar-refractivity contribution in [1.29, 1.82) is 0 Å². The molecular weight excluding hydrogens is 549 g/mol. The highest BCUT2D eigenvalue weighted by Crippen LogP contribution is 2.38. The van der Waals surface area contributed by atoms with Crippen LogP contribution in [0.5, 0.6) is 11.5 Å². The number of hydrogen-bond donors (Lipinski definition) is 2. The first-order valence-corrected chi connectivity index (χ1v) is 13.2. The molecule has 0 saturated carbocycles. The Morgan fingerprint density at radius 3 is 2.10 bits per heavy atom. The van der Waals surface area contributed by atoms with Crippen molar-refractivity contribution < 1.29 is 37.7 Å². The van der Waals surface area contributed by atoms with Gasteiger partial charge in [-0.25, -0.2) is 4.79 Å². The van der Waals surface area contributed by atoms with Gasteiger partial charge in [-0.05, 0) is 70.7 Å². The van der Waals surface area contributed by atoms with E-state index in [-0.39, 0.29) is 31.4 Å². The van der Waals surface area contributed by atoms with Crippen LogP contribution in [0.25, 0.3) is 11.1 Å². The first-order valence-electron chi connectivity index (χ1n) is 13.2. The van der Waals surface area contributed by atoms with E-state index in [0.29, 0.717) is 34.4 Å². The molecule has 222 valence electrons. The van der Waals surface area contributed by atoms with Crippen LogP contribution in [0.2, 0.25) is 0 Å². The molecule has 7 nitrogen and oxygen atoms in total. The molecule has 0 spiro atoms. The fraction of sp³-hybridized carbons (Fsp3) is 0.250. The Morgan fingerprint density at radius 2 is 1.55 bits per heavy atom. The molecule has 0 saturated heterocycles. The topological polar surface area (TPSA) is 90.3 Å². The second-order valence-electron chi connectivity index (χ2n) is 9.57. The molecule has 3 aromatic rings. The van der Waals surface area contributed by atoms with Crippen molar-refractivity contribution >= 4 is 23.1 Å². The lowest BCUT2D eigenvalue weighted by Gasteiger charge is -2.19. The van der Waals surface area contributed by atoms with Crippen molar-refractivity contribution in [2.75, 3.05) is 33.8 Å². The molecule has 0 aliphatic rings. The predicted molar refractivity (Wildman–Crippen MR) is 155 cm³/mol. The fourth-order valence-corrected chi connectivity index (χ4v) is 4.24. The highest BCUT2D eigenvalue weighted by molar-refractivity contribution is 5.98. The fourth-order valence-electron chi connectivity index (χ4n) is 4.24. The molecule has 3 rings (SSSR count).